The number of ether oxygens (including phenoxy) is 1. The second kappa shape index (κ2) is 6.79. The SMILES string of the molecule is CCC1COC(C)CN1Cc1cccc2c1NCC2.Cl. The fourth-order valence-electron chi connectivity index (χ4n) is 3.24. The lowest BCUT2D eigenvalue weighted by Crippen LogP contribution is -2.47. The Bertz CT molecular complexity index is 452. The normalized spacial score (nSPS) is 25.7. The third-order valence-corrected chi connectivity index (χ3v) is 4.36. The molecule has 2 aliphatic heterocycles. The van der Waals surface area contributed by atoms with E-state index in [0.29, 0.717) is 12.1 Å². The van der Waals surface area contributed by atoms with Crippen molar-refractivity contribution in [3.05, 3.63) is 29.3 Å². The molecule has 1 N–H and O–H groups in total. The highest BCUT2D eigenvalue weighted by Crippen LogP contribution is 2.28. The Kier molecular flexibility index (Phi) is 5.30. The van der Waals surface area contributed by atoms with Crippen molar-refractivity contribution in [3.8, 4) is 0 Å². The van der Waals surface area contributed by atoms with Gasteiger partial charge in [0.2, 0.25) is 0 Å². The molecule has 3 nitrogen and oxygen atoms in total. The van der Waals surface area contributed by atoms with Crippen molar-refractivity contribution in [2.45, 2.75) is 45.4 Å². The largest absolute Gasteiger partial charge is 0.384 e. The number of nitrogens with one attached hydrogen (secondary N) is 1. The van der Waals surface area contributed by atoms with Gasteiger partial charge >= 0.3 is 0 Å². The maximum Gasteiger partial charge on any atom is 0.0674 e. The molecule has 4 heteroatoms. The molecule has 2 heterocycles. The van der Waals surface area contributed by atoms with Crippen LogP contribution in [-0.4, -0.2) is 36.7 Å². The highest BCUT2D eigenvalue weighted by atomic mass is 35.5. The summed E-state index contributed by atoms with van der Waals surface area (Å²) < 4.78 is 5.78. The molecule has 1 aromatic rings. The fraction of sp³-hybridized carbons (Fsp3) is 0.625. The van der Waals surface area contributed by atoms with Crippen molar-refractivity contribution in [2.24, 2.45) is 0 Å². The van der Waals surface area contributed by atoms with Gasteiger partial charge in [-0.3, -0.25) is 4.90 Å². The molecule has 0 saturated carbocycles. The smallest absolute Gasteiger partial charge is 0.0674 e. The zero-order chi connectivity index (χ0) is 13.2. The van der Waals surface area contributed by atoms with Gasteiger partial charge in [0.1, 0.15) is 0 Å². The number of benzene rings is 1. The maximum atomic E-state index is 5.78. The second-order valence-corrected chi connectivity index (χ2v) is 5.76. The van der Waals surface area contributed by atoms with Crippen LogP contribution in [0.3, 0.4) is 0 Å². The van der Waals surface area contributed by atoms with E-state index in [2.05, 4.69) is 42.3 Å². The highest BCUT2D eigenvalue weighted by Gasteiger charge is 2.26. The standard InChI is InChI=1S/C16H24N2O.ClH/c1-3-15-11-19-12(2)9-18(15)10-14-6-4-5-13-7-8-17-16(13)14;/h4-6,12,15,17H,3,7-11H2,1-2H3;1H. The lowest BCUT2D eigenvalue weighted by atomic mass is 10.0. The summed E-state index contributed by atoms with van der Waals surface area (Å²) in [6, 6.07) is 7.28. The monoisotopic (exact) mass is 296 g/mol. The summed E-state index contributed by atoms with van der Waals surface area (Å²) in [5.41, 5.74) is 4.31. The number of morpholine rings is 1. The van der Waals surface area contributed by atoms with Crippen molar-refractivity contribution in [3.63, 3.8) is 0 Å². The van der Waals surface area contributed by atoms with E-state index < -0.39 is 0 Å². The minimum absolute atomic E-state index is 0. The molecule has 20 heavy (non-hydrogen) atoms. The Morgan fingerprint density at radius 1 is 1.40 bits per heavy atom. The first-order valence-corrected chi connectivity index (χ1v) is 7.48. The molecule has 3 rings (SSSR count). The summed E-state index contributed by atoms with van der Waals surface area (Å²) in [6.07, 6.45) is 2.68. The number of halogens is 1. The van der Waals surface area contributed by atoms with Crippen molar-refractivity contribution >= 4 is 18.1 Å². The van der Waals surface area contributed by atoms with Gasteiger partial charge in [0.25, 0.3) is 0 Å². The molecule has 2 atom stereocenters. The van der Waals surface area contributed by atoms with Gasteiger partial charge in [-0.25, -0.2) is 0 Å². The molecule has 1 fully saturated rings. The lowest BCUT2D eigenvalue weighted by Gasteiger charge is -2.38. The first-order chi connectivity index (χ1) is 9.28. The third kappa shape index (κ3) is 3.11. The zero-order valence-electron chi connectivity index (χ0n) is 12.4. The van der Waals surface area contributed by atoms with Crippen molar-refractivity contribution in [2.75, 3.05) is 25.0 Å². The molecular weight excluding hydrogens is 272 g/mol. The molecule has 0 aliphatic carbocycles. The number of fused-ring (bicyclic) bond motifs is 1. The van der Waals surface area contributed by atoms with E-state index in [4.69, 9.17) is 4.74 Å². The predicted molar refractivity (Wildman–Crippen MR) is 85.8 cm³/mol. The summed E-state index contributed by atoms with van der Waals surface area (Å²) in [7, 11) is 0. The van der Waals surface area contributed by atoms with Gasteiger partial charge < -0.3 is 10.1 Å². The van der Waals surface area contributed by atoms with Crippen molar-refractivity contribution in [1.29, 1.82) is 0 Å². The van der Waals surface area contributed by atoms with E-state index >= 15 is 0 Å². The van der Waals surface area contributed by atoms with Crippen LogP contribution >= 0.6 is 12.4 Å². The Labute approximate surface area is 128 Å². The summed E-state index contributed by atoms with van der Waals surface area (Å²) >= 11 is 0. The van der Waals surface area contributed by atoms with Crippen LogP contribution < -0.4 is 5.32 Å². The molecule has 0 radical (unpaired) electrons. The van der Waals surface area contributed by atoms with Crippen molar-refractivity contribution < 1.29 is 4.74 Å². The minimum Gasteiger partial charge on any atom is -0.384 e. The van der Waals surface area contributed by atoms with Crippen LogP contribution in [0.25, 0.3) is 0 Å². The Hall–Kier alpha value is -0.770. The predicted octanol–water partition coefficient (Wildman–Crippen LogP) is 3.08. The molecule has 2 unspecified atom stereocenters. The minimum atomic E-state index is 0. The van der Waals surface area contributed by atoms with E-state index in [0.717, 1.165) is 32.7 Å². The average Bonchev–Trinajstić information content (AvgIpc) is 2.88. The fourth-order valence-corrected chi connectivity index (χ4v) is 3.24. The average molecular weight is 297 g/mol. The summed E-state index contributed by atoms with van der Waals surface area (Å²) in [5.74, 6) is 0. The third-order valence-electron chi connectivity index (χ3n) is 4.36. The molecule has 0 amide bonds. The zero-order valence-corrected chi connectivity index (χ0v) is 13.2. The van der Waals surface area contributed by atoms with Gasteiger partial charge in [0.05, 0.1) is 12.7 Å². The molecule has 1 aromatic carbocycles. The lowest BCUT2D eigenvalue weighted by molar-refractivity contribution is -0.0591. The Morgan fingerprint density at radius 3 is 3.05 bits per heavy atom. The molecule has 112 valence electrons. The quantitative estimate of drug-likeness (QED) is 0.928. The molecule has 0 aromatic heterocycles. The van der Waals surface area contributed by atoms with Gasteiger partial charge in [0, 0.05) is 31.4 Å². The number of para-hydroxylation sites is 1. The molecule has 0 spiro atoms. The van der Waals surface area contributed by atoms with Crippen molar-refractivity contribution in [1.82, 2.24) is 4.90 Å². The Morgan fingerprint density at radius 2 is 2.25 bits per heavy atom. The molecule has 2 aliphatic rings. The van der Waals surface area contributed by atoms with Gasteiger partial charge in [-0.15, -0.1) is 12.4 Å². The van der Waals surface area contributed by atoms with Gasteiger partial charge in [0.15, 0.2) is 0 Å². The van der Waals surface area contributed by atoms with Crippen LogP contribution in [0.4, 0.5) is 5.69 Å². The van der Waals surface area contributed by atoms with Crippen LogP contribution in [0.15, 0.2) is 18.2 Å². The number of anilines is 1. The Balaban J connectivity index is 0.00000147. The van der Waals surface area contributed by atoms with E-state index in [9.17, 15) is 0 Å². The highest BCUT2D eigenvalue weighted by molar-refractivity contribution is 5.85. The topological polar surface area (TPSA) is 24.5 Å². The van der Waals surface area contributed by atoms with Crippen LogP contribution in [0.5, 0.6) is 0 Å². The number of hydrogen-bond donors (Lipinski definition) is 1. The first kappa shape index (κ1) is 15.6. The molecule has 1 saturated heterocycles. The van der Waals surface area contributed by atoms with Gasteiger partial charge in [-0.05, 0) is 30.9 Å². The van der Waals surface area contributed by atoms with Gasteiger partial charge in [-0.1, -0.05) is 25.1 Å². The van der Waals surface area contributed by atoms with E-state index in [1.165, 1.54) is 23.2 Å². The van der Waals surface area contributed by atoms with E-state index in [1.54, 1.807) is 0 Å². The van der Waals surface area contributed by atoms with E-state index in [-0.39, 0.29) is 12.4 Å². The van der Waals surface area contributed by atoms with Crippen LogP contribution in [-0.2, 0) is 17.7 Å². The molecule has 0 bridgehead atoms. The molecular formula is C16H25ClN2O. The van der Waals surface area contributed by atoms with E-state index in [1.807, 2.05) is 0 Å². The number of hydrogen-bond acceptors (Lipinski definition) is 3. The second-order valence-electron chi connectivity index (χ2n) is 5.76. The summed E-state index contributed by atoms with van der Waals surface area (Å²) in [5, 5.41) is 3.54. The summed E-state index contributed by atoms with van der Waals surface area (Å²) in [6.45, 7) is 8.48. The van der Waals surface area contributed by atoms with Gasteiger partial charge in [-0.2, -0.15) is 0 Å². The van der Waals surface area contributed by atoms with Crippen LogP contribution in [0.2, 0.25) is 0 Å². The summed E-state index contributed by atoms with van der Waals surface area (Å²) in [4.78, 5) is 2.59. The first-order valence-electron chi connectivity index (χ1n) is 7.48. The number of rotatable bonds is 3. The maximum absolute atomic E-state index is 5.78. The van der Waals surface area contributed by atoms with Crippen LogP contribution in [0.1, 0.15) is 31.4 Å². The van der Waals surface area contributed by atoms with Crippen LogP contribution in [0, 0.1) is 0 Å². The number of nitrogens with zero attached hydrogens (tertiary/aromatic N) is 1.